The predicted octanol–water partition coefficient (Wildman–Crippen LogP) is 4.16. The van der Waals surface area contributed by atoms with Gasteiger partial charge in [-0.2, -0.15) is 14.6 Å². The highest BCUT2D eigenvalue weighted by atomic mass is 32.2. The molecule has 0 N–H and O–H groups in total. The van der Waals surface area contributed by atoms with Crippen LogP contribution in [0.5, 0.6) is 0 Å². The monoisotopic (exact) mass is 428 g/mol. The fourth-order valence-electron chi connectivity index (χ4n) is 4.20. The molecule has 2 aliphatic heterocycles. The van der Waals surface area contributed by atoms with Crippen molar-refractivity contribution >= 4 is 15.9 Å². The Morgan fingerprint density at radius 3 is 2.00 bits per heavy atom. The summed E-state index contributed by atoms with van der Waals surface area (Å²) in [4.78, 5) is 6.75. The predicted molar refractivity (Wildman–Crippen MR) is 115 cm³/mol. The highest BCUT2D eigenvalue weighted by Gasteiger charge is 2.26. The highest BCUT2D eigenvalue weighted by Crippen LogP contribution is 2.31. The van der Waals surface area contributed by atoms with Gasteiger partial charge in [0.1, 0.15) is 6.07 Å². The first-order chi connectivity index (χ1) is 14.6. The molecule has 2 saturated heterocycles. The summed E-state index contributed by atoms with van der Waals surface area (Å²) >= 11 is 0. The van der Waals surface area contributed by atoms with Crippen LogP contribution in [0.4, 0.5) is 5.88 Å². The zero-order valence-electron chi connectivity index (χ0n) is 17.2. The maximum atomic E-state index is 13.0. The molecule has 1 aromatic heterocycles. The summed E-state index contributed by atoms with van der Waals surface area (Å²) in [5, 5.41) is 9.51. The van der Waals surface area contributed by atoms with Gasteiger partial charge < -0.3 is 9.32 Å². The molecule has 1 aromatic carbocycles. The topological polar surface area (TPSA) is 90.4 Å². The maximum Gasteiger partial charge on any atom is 0.243 e. The van der Waals surface area contributed by atoms with Gasteiger partial charge in [-0.25, -0.2) is 8.42 Å². The number of oxazole rings is 1. The molecular weight excluding hydrogens is 400 g/mol. The molecular formula is C22H28N4O3S. The van der Waals surface area contributed by atoms with Gasteiger partial charge in [-0.1, -0.05) is 25.7 Å². The van der Waals surface area contributed by atoms with Gasteiger partial charge >= 0.3 is 0 Å². The Balaban J connectivity index is 1.57. The molecule has 8 heteroatoms. The molecule has 0 spiro atoms. The van der Waals surface area contributed by atoms with E-state index in [1.54, 1.807) is 28.6 Å². The smallest absolute Gasteiger partial charge is 0.243 e. The molecule has 0 bridgehead atoms. The molecule has 0 amide bonds. The Kier molecular flexibility index (Phi) is 6.40. The number of sulfonamides is 1. The zero-order valence-corrected chi connectivity index (χ0v) is 18.0. The summed E-state index contributed by atoms with van der Waals surface area (Å²) in [6.45, 7) is 2.87. The van der Waals surface area contributed by atoms with E-state index >= 15 is 0 Å². The highest BCUT2D eigenvalue weighted by molar-refractivity contribution is 7.89. The molecule has 160 valence electrons. The number of aromatic nitrogens is 1. The van der Waals surface area contributed by atoms with Gasteiger partial charge in [0.2, 0.25) is 27.5 Å². The number of hydrogen-bond acceptors (Lipinski definition) is 6. The van der Waals surface area contributed by atoms with Gasteiger partial charge in [0.15, 0.2) is 0 Å². The van der Waals surface area contributed by atoms with Gasteiger partial charge in [0.25, 0.3) is 0 Å². The Bertz CT molecular complexity index is 992. The van der Waals surface area contributed by atoms with Crippen molar-refractivity contribution in [1.29, 1.82) is 5.26 Å². The van der Waals surface area contributed by atoms with E-state index in [-0.39, 0.29) is 10.6 Å². The van der Waals surface area contributed by atoms with Crippen molar-refractivity contribution < 1.29 is 12.8 Å². The van der Waals surface area contributed by atoms with Crippen molar-refractivity contribution in [3.63, 3.8) is 0 Å². The molecule has 0 atom stereocenters. The SMILES string of the molecule is N#Cc1nc(-c2ccc(S(=O)(=O)N3CCCCCC3)cc2)oc1N1CCCCCC1. The lowest BCUT2D eigenvalue weighted by atomic mass is 10.2. The first-order valence-corrected chi connectivity index (χ1v) is 12.3. The van der Waals surface area contributed by atoms with Crippen LogP contribution in [0.1, 0.15) is 57.1 Å². The van der Waals surface area contributed by atoms with E-state index in [4.69, 9.17) is 4.42 Å². The number of nitriles is 1. The minimum absolute atomic E-state index is 0.285. The standard InChI is InChI=1S/C22H28N4O3S/c23-17-20-22(25-13-5-1-2-6-14-25)29-21(24-20)18-9-11-19(12-10-18)30(27,28)26-15-7-3-4-8-16-26/h9-12H,1-8,13-16H2. The lowest BCUT2D eigenvalue weighted by Gasteiger charge is -2.20. The van der Waals surface area contributed by atoms with Gasteiger partial charge in [-0.05, 0) is 49.9 Å². The number of nitrogens with zero attached hydrogens (tertiary/aromatic N) is 4. The lowest BCUT2D eigenvalue weighted by Crippen LogP contribution is -2.31. The van der Waals surface area contributed by atoms with Crippen LogP contribution in [0.15, 0.2) is 33.6 Å². The Hall–Kier alpha value is -2.37. The second-order valence-electron chi connectivity index (χ2n) is 8.03. The maximum absolute atomic E-state index is 13.0. The van der Waals surface area contributed by atoms with Gasteiger partial charge in [0, 0.05) is 31.7 Å². The number of hydrogen-bond donors (Lipinski definition) is 0. The Morgan fingerprint density at radius 2 is 1.43 bits per heavy atom. The van der Waals surface area contributed by atoms with Crippen molar-refractivity contribution in [3.05, 3.63) is 30.0 Å². The fraction of sp³-hybridized carbons (Fsp3) is 0.545. The third-order valence-corrected chi connectivity index (χ3v) is 7.83. The molecule has 0 radical (unpaired) electrons. The van der Waals surface area contributed by atoms with Crippen LogP contribution in [-0.4, -0.2) is 43.9 Å². The van der Waals surface area contributed by atoms with Gasteiger partial charge in [0.05, 0.1) is 4.90 Å². The van der Waals surface area contributed by atoms with Crippen LogP contribution >= 0.6 is 0 Å². The van der Waals surface area contributed by atoms with Crippen LogP contribution < -0.4 is 4.90 Å². The van der Waals surface area contributed by atoms with E-state index in [1.807, 2.05) is 0 Å². The summed E-state index contributed by atoms with van der Waals surface area (Å²) in [7, 11) is -3.49. The molecule has 2 aromatic rings. The molecule has 0 saturated carbocycles. The average Bonchev–Trinajstić information content (AvgIpc) is 2.96. The number of anilines is 1. The summed E-state index contributed by atoms with van der Waals surface area (Å²) in [6.07, 6.45) is 8.49. The summed E-state index contributed by atoms with van der Waals surface area (Å²) < 4.78 is 33.5. The van der Waals surface area contributed by atoms with Gasteiger partial charge in [-0.3, -0.25) is 0 Å². The van der Waals surface area contributed by atoms with Crippen molar-refractivity contribution in [2.24, 2.45) is 0 Å². The Labute approximate surface area is 178 Å². The molecule has 4 rings (SSSR count). The molecule has 30 heavy (non-hydrogen) atoms. The van der Waals surface area contributed by atoms with Crippen molar-refractivity contribution in [1.82, 2.24) is 9.29 Å². The van der Waals surface area contributed by atoms with Crippen LogP contribution in [0.2, 0.25) is 0 Å². The molecule has 2 aliphatic rings. The second kappa shape index (κ2) is 9.19. The van der Waals surface area contributed by atoms with E-state index in [0.717, 1.165) is 51.6 Å². The van der Waals surface area contributed by atoms with E-state index in [9.17, 15) is 13.7 Å². The first-order valence-electron chi connectivity index (χ1n) is 10.9. The van der Waals surface area contributed by atoms with E-state index < -0.39 is 10.0 Å². The van der Waals surface area contributed by atoms with E-state index in [2.05, 4.69) is 16.0 Å². The third kappa shape index (κ3) is 4.37. The van der Waals surface area contributed by atoms with E-state index in [1.165, 1.54) is 12.8 Å². The summed E-state index contributed by atoms with van der Waals surface area (Å²) in [6, 6.07) is 8.78. The van der Waals surface area contributed by atoms with Crippen LogP contribution in [0, 0.1) is 11.3 Å². The number of rotatable bonds is 4. The van der Waals surface area contributed by atoms with Crippen LogP contribution in [0.25, 0.3) is 11.5 Å². The minimum atomic E-state index is -3.49. The molecule has 0 unspecified atom stereocenters. The fourth-order valence-corrected chi connectivity index (χ4v) is 5.71. The molecule has 2 fully saturated rings. The minimum Gasteiger partial charge on any atom is -0.419 e. The Morgan fingerprint density at radius 1 is 0.867 bits per heavy atom. The largest absolute Gasteiger partial charge is 0.419 e. The van der Waals surface area contributed by atoms with Crippen LogP contribution in [0.3, 0.4) is 0 Å². The lowest BCUT2D eigenvalue weighted by molar-refractivity contribution is 0.423. The second-order valence-corrected chi connectivity index (χ2v) is 9.97. The quantitative estimate of drug-likeness (QED) is 0.726. The molecule has 0 aliphatic carbocycles. The van der Waals surface area contributed by atoms with Crippen molar-refractivity contribution in [3.8, 4) is 17.5 Å². The molecule has 7 nitrogen and oxygen atoms in total. The summed E-state index contributed by atoms with van der Waals surface area (Å²) in [5.41, 5.74) is 0.954. The first kappa shape index (κ1) is 20.9. The van der Waals surface area contributed by atoms with E-state index in [0.29, 0.717) is 30.4 Å². The average molecular weight is 429 g/mol. The van der Waals surface area contributed by atoms with Crippen molar-refractivity contribution in [2.45, 2.75) is 56.3 Å². The molecule has 3 heterocycles. The zero-order chi connectivity index (χ0) is 21.0. The summed E-state index contributed by atoms with van der Waals surface area (Å²) in [5.74, 6) is 0.875. The van der Waals surface area contributed by atoms with Gasteiger partial charge in [-0.15, -0.1) is 0 Å². The normalized spacial score (nSPS) is 19.1. The third-order valence-electron chi connectivity index (χ3n) is 5.91. The van der Waals surface area contributed by atoms with Crippen LogP contribution in [-0.2, 0) is 10.0 Å². The van der Waals surface area contributed by atoms with Crippen molar-refractivity contribution in [2.75, 3.05) is 31.1 Å². The number of benzene rings is 1.